The van der Waals surface area contributed by atoms with E-state index in [0.717, 1.165) is 0 Å². The van der Waals surface area contributed by atoms with E-state index in [1.807, 2.05) is 28.2 Å². The summed E-state index contributed by atoms with van der Waals surface area (Å²) in [6, 6.07) is 0. The Morgan fingerprint density at radius 1 is 0.667 bits per heavy atom. The van der Waals surface area contributed by atoms with Crippen molar-refractivity contribution in [3.63, 3.8) is 0 Å². The van der Waals surface area contributed by atoms with E-state index in [-0.39, 0.29) is 0 Å². The number of nitrogens with one attached hydrogen (secondary N) is 4. The molecule has 0 bridgehead atoms. The topological polar surface area (TPSA) is 48.1 Å². The molecule has 56 valence electrons. The molecule has 0 atom stereocenters. The molecule has 0 amide bonds. The molecule has 0 aromatic rings. The van der Waals surface area contributed by atoms with Crippen LogP contribution in [0.4, 0.5) is 0 Å². The van der Waals surface area contributed by atoms with E-state index >= 15 is 0 Å². The predicted octanol–water partition coefficient (Wildman–Crippen LogP) is -0.458. The fourth-order valence-corrected chi connectivity index (χ4v) is 2.01. The van der Waals surface area contributed by atoms with Crippen LogP contribution in [0.25, 0.3) is 0 Å². The molecule has 0 aromatic heterocycles. The summed E-state index contributed by atoms with van der Waals surface area (Å²) in [6.45, 7) is 0. The highest BCUT2D eigenvalue weighted by atomic mass is 31.2. The molecule has 0 aromatic carbocycles. The molecule has 0 unspecified atom stereocenters. The number of rotatable bonds is 4. The van der Waals surface area contributed by atoms with Gasteiger partial charge in [-0.25, -0.2) is 0 Å². The van der Waals surface area contributed by atoms with Gasteiger partial charge in [-0.2, -0.15) is 0 Å². The van der Waals surface area contributed by atoms with Crippen molar-refractivity contribution in [2.75, 3.05) is 28.2 Å². The minimum absolute atomic E-state index is 1.42. The van der Waals surface area contributed by atoms with Crippen molar-refractivity contribution in [3.05, 3.63) is 0 Å². The lowest BCUT2D eigenvalue weighted by molar-refractivity contribution is 0.950. The maximum absolute atomic E-state index is 3.14. The highest BCUT2D eigenvalue weighted by Gasteiger charge is 2.30. The minimum Gasteiger partial charge on any atom is -0.149 e. The summed E-state index contributed by atoms with van der Waals surface area (Å²) >= 11 is 0. The van der Waals surface area contributed by atoms with Crippen LogP contribution in [-0.4, -0.2) is 28.2 Å². The van der Waals surface area contributed by atoms with Crippen LogP contribution in [0.2, 0.25) is 0 Å². The van der Waals surface area contributed by atoms with Gasteiger partial charge in [-0.15, -0.1) is 20.3 Å². The third-order valence-corrected chi connectivity index (χ3v) is 4.02. The molecule has 0 rings (SSSR count). The third kappa shape index (κ3) is 2.16. The standard InChI is InChI=1S/C4H16N4P/c1-5-9(6-2,7-3)8-4/h5-8H,1-4H3/q+1. The molecule has 0 saturated carbocycles. The normalized spacial score (nSPS) is 12.0. The van der Waals surface area contributed by atoms with Crippen LogP contribution in [0.15, 0.2) is 0 Å². The maximum Gasteiger partial charge on any atom is 0.297 e. The van der Waals surface area contributed by atoms with Gasteiger partial charge in [0.15, 0.2) is 0 Å². The van der Waals surface area contributed by atoms with Crippen LogP contribution in [0.3, 0.4) is 0 Å². The Balaban J connectivity index is 3.82. The van der Waals surface area contributed by atoms with Crippen LogP contribution in [0.1, 0.15) is 0 Å². The molecule has 0 heterocycles. The molecule has 0 spiro atoms. The number of hydrogen-bond donors (Lipinski definition) is 4. The molecule has 0 radical (unpaired) electrons. The maximum atomic E-state index is 3.14. The first-order valence-corrected chi connectivity index (χ1v) is 4.68. The first-order chi connectivity index (χ1) is 4.24. The Morgan fingerprint density at radius 3 is 0.889 bits per heavy atom. The van der Waals surface area contributed by atoms with Gasteiger partial charge in [-0.05, 0) is 0 Å². The van der Waals surface area contributed by atoms with E-state index in [1.165, 1.54) is 0 Å². The van der Waals surface area contributed by atoms with Crippen LogP contribution in [0.5, 0.6) is 0 Å². The second-order valence-electron chi connectivity index (χ2n) is 1.57. The Labute approximate surface area is 57.3 Å². The Kier molecular flexibility index (Phi) is 4.27. The largest absolute Gasteiger partial charge is 0.297 e. The highest BCUT2D eigenvalue weighted by molar-refractivity contribution is 7.68. The van der Waals surface area contributed by atoms with Gasteiger partial charge in [-0.1, -0.05) is 0 Å². The van der Waals surface area contributed by atoms with Crippen LogP contribution >= 0.6 is 7.87 Å². The zero-order chi connectivity index (χ0) is 7.33. The average molecular weight is 151 g/mol. The van der Waals surface area contributed by atoms with Crippen molar-refractivity contribution in [3.8, 4) is 0 Å². The lowest BCUT2D eigenvalue weighted by atomic mass is 11.6. The van der Waals surface area contributed by atoms with Crippen LogP contribution < -0.4 is 20.3 Å². The smallest absolute Gasteiger partial charge is 0.149 e. The van der Waals surface area contributed by atoms with E-state index in [2.05, 4.69) is 20.3 Å². The molecule has 9 heavy (non-hydrogen) atoms. The summed E-state index contributed by atoms with van der Waals surface area (Å²) in [7, 11) is 6.24. The van der Waals surface area contributed by atoms with Gasteiger partial charge < -0.3 is 0 Å². The van der Waals surface area contributed by atoms with Gasteiger partial charge in [-0.3, -0.25) is 0 Å². The first-order valence-electron chi connectivity index (χ1n) is 2.89. The monoisotopic (exact) mass is 151 g/mol. The molecule has 4 nitrogen and oxygen atoms in total. The summed E-state index contributed by atoms with van der Waals surface area (Å²) in [4.78, 5) is 0. The van der Waals surface area contributed by atoms with Crippen molar-refractivity contribution in [1.82, 2.24) is 20.3 Å². The molecular weight excluding hydrogens is 135 g/mol. The van der Waals surface area contributed by atoms with Crippen molar-refractivity contribution in [1.29, 1.82) is 0 Å². The minimum atomic E-state index is -1.42. The quantitative estimate of drug-likeness (QED) is 0.411. The van der Waals surface area contributed by atoms with Gasteiger partial charge in [0.05, 0.1) is 0 Å². The lowest BCUT2D eigenvalue weighted by Crippen LogP contribution is -2.39. The van der Waals surface area contributed by atoms with Gasteiger partial charge >= 0.3 is 0 Å². The third-order valence-electron chi connectivity index (χ3n) is 1.34. The zero-order valence-electron chi connectivity index (χ0n) is 6.45. The molecule has 0 aliphatic heterocycles. The number of hydrogen-bond acceptors (Lipinski definition) is 4. The molecule has 4 N–H and O–H groups in total. The summed E-state index contributed by atoms with van der Waals surface area (Å²) in [5.41, 5.74) is 0. The van der Waals surface area contributed by atoms with Gasteiger partial charge in [0.25, 0.3) is 7.87 Å². The van der Waals surface area contributed by atoms with Crippen molar-refractivity contribution >= 4 is 7.87 Å². The lowest BCUT2D eigenvalue weighted by Gasteiger charge is -2.20. The summed E-state index contributed by atoms with van der Waals surface area (Å²) in [5.74, 6) is 0. The van der Waals surface area contributed by atoms with Gasteiger partial charge in [0.2, 0.25) is 0 Å². The van der Waals surface area contributed by atoms with E-state index in [4.69, 9.17) is 0 Å². The van der Waals surface area contributed by atoms with Crippen molar-refractivity contribution < 1.29 is 0 Å². The molecular formula is C4H16N4P+. The van der Waals surface area contributed by atoms with E-state index in [1.54, 1.807) is 0 Å². The Morgan fingerprint density at radius 2 is 0.889 bits per heavy atom. The van der Waals surface area contributed by atoms with Crippen LogP contribution in [0, 0.1) is 0 Å². The molecule has 0 aliphatic rings. The first kappa shape index (κ1) is 9.27. The summed E-state index contributed by atoms with van der Waals surface area (Å²) in [6.07, 6.45) is 0. The summed E-state index contributed by atoms with van der Waals surface area (Å²) < 4.78 is 0. The van der Waals surface area contributed by atoms with E-state index < -0.39 is 7.87 Å². The average Bonchev–Trinajstić information content (AvgIpc) is 1.95. The molecule has 0 saturated heterocycles. The van der Waals surface area contributed by atoms with Crippen molar-refractivity contribution in [2.24, 2.45) is 0 Å². The van der Waals surface area contributed by atoms with Crippen LogP contribution in [-0.2, 0) is 0 Å². The van der Waals surface area contributed by atoms with Gasteiger partial charge in [0, 0.05) is 28.2 Å². The second kappa shape index (κ2) is 4.14. The molecule has 0 fully saturated rings. The highest BCUT2D eigenvalue weighted by Crippen LogP contribution is 2.36. The Bertz CT molecular complexity index is 55.5. The second-order valence-corrected chi connectivity index (χ2v) is 4.70. The van der Waals surface area contributed by atoms with E-state index in [9.17, 15) is 0 Å². The van der Waals surface area contributed by atoms with Gasteiger partial charge in [0.1, 0.15) is 0 Å². The summed E-state index contributed by atoms with van der Waals surface area (Å²) in [5, 5.41) is 12.6. The fraction of sp³-hybridized carbons (Fsp3) is 1.00. The predicted molar refractivity (Wildman–Crippen MR) is 43.2 cm³/mol. The fourth-order valence-electron chi connectivity index (χ4n) is 0.671. The van der Waals surface area contributed by atoms with E-state index in [0.29, 0.717) is 0 Å². The molecule has 5 heteroatoms. The Hall–Kier alpha value is 0.270. The molecule has 0 aliphatic carbocycles. The van der Waals surface area contributed by atoms with Crippen molar-refractivity contribution in [2.45, 2.75) is 0 Å². The SMILES string of the molecule is CN[P+](NC)(NC)NC. The zero-order valence-corrected chi connectivity index (χ0v) is 7.34.